The van der Waals surface area contributed by atoms with E-state index in [9.17, 15) is 9.59 Å². The number of aromatic amines is 1. The molecule has 0 aliphatic heterocycles. The number of aromatic nitrogens is 1. The maximum Gasteiger partial charge on any atom is 0.290 e. The zero-order valence-electron chi connectivity index (χ0n) is 18.7. The van der Waals surface area contributed by atoms with Gasteiger partial charge in [-0.1, -0.05) is 41.9 Å². The van der Waals surface area contributed by atoms with Gasteiger partial charge < -0.3 is 19.2 Å². The molecule has 0 radical (unpaired) electrons. The first-order valence-corrected chi connectivity index (χ1v) is 11.9. The first kappa shape index (κ1) is 22.3. The lowest BCUT2D eigenvalue weighted by atomic mass is 10.1. The van der Waals surface area contributed by atoms with Crippen molar-refractivity contribution in [1.29, 1.82) is 0 Å². The lowest BCUT2D eigenvalue weighted by Crippen LogP contribution is -2.44. The molecule has 0 bridgehead atoms. The van der Waals surface area contributed by atoms with E-state index in [1.54, 1.807) is 17.0 Å². The van der Waals surface area contributed by atoms with Crippen LogP contribution in [0.1, 0.15) is 34.5 Å². The van der Waals surface area contributed by atoms with E-state index in [0.717, 1.165) is 34.9 Å². The van der Waals surface area contributed by atoms with Crippen LogP contribution in [0.15, 0.2) is 77.5 Å². The number of H-pyrrole nitrogens is 1. The standard InChI is InChI=1S/C27H26ClN3O3/c28-21-9-7-19(8-10-21)17-30(14-13-20-16-29-24-5-2-1-4-23(20)24)26(32)18-31(22-11-12-22)27(33)25-6-3-15-34-25/h1-10,15-16,22,29H,11-14,17-18H2. The molecule has 7 heteroatoms. The molecule has 2 aromatic heterocycles. The Hall–Kier alpha value is -3.51. The van der Waals surface area contributed by atoms with E-state index in [2.05, 4.69) is 11.1 Å². The Kier molecular flexibility index (Phi) is 6.41. The van der Waals surface area contributed by atoms with Crippen LogP contribution in [0.25, 0.3) is 10.9 Å². The monoisotopic (exact) mass is 475 g/mol. The normalized spacial score (nSPS) is 13.2. The molecule has 6 nitrogen and oxygen atoms in total. The number of nitrogens with one attached hydrogen (secondary N) is 1. The molecule has 1 aliphatic carbocycles. The Labute approximate surface area is 203 Å². The number of carbonyl (C=O) groups is 2. The van der Waals surface area contributed by atoms with Crippen molar-refractivity contribution < 1.29 is 14.0 Å². The Balaban J connectivity index is 1.34. The summed E-state index contributed by atoms with van der Waals surface area (Å²) in [5, 5.41) is 1.82. The molecule has 2 amide bonds. The fraction of sp³-hybridized carbons (Fsp3) is 0.259. The zero-order chi connectivity index (χ0) is 23.5. The number of para-hydroxylation sites is 1. The molecular formula is C27H26ClN3O3. The molecule has 34 heavy (non-hydrogen) atoms. The minimum absolute atomic E-state index is 0.0334. The van der Waals surface area contributed by atoms with E-state index in [0.29, 0.717) is 24.5 Å². The Bertz CT molecular complexity index is 1280. The SMILES string of the molecule is O=C(CN(C(=O)c1ccco1)C1CC1)N(CCc1c[nH]c2ccccc12)Cc1ccc(Cl)cc1. The fourth-order valence-corrected chi connectivity index (χ4v) is 4.36. The van der Waals surface area contributed by atoms with Gasteiger partial charge in [0.15, 0.2) is 5.76 Å². The van der Waals surface area contributed by atoms with Crippen molar-refractivity contribution in [1.82, 2.24) is 14.8 Å². The first-order chi connectivity index (χ1) is 16.6. The van der Waals surface area contributed by atoms with Crippen molar-refractivity contribution in [3.63, 3.8) is 0 Å². The molecule has 0 saturated heterocycles. The van der Waals surface area contributed by atoms with Crippen LogP contribution < -0.4 is 0 Å². The molecule has 4 aromatic rings. The van der Waals surface area contributed by atoms with Crippen LogP contribution in [-0.2, 0) is 17.8 Å². The quantitative estimate of drug-likeness (QED) is 0.357. The van der Waals surface area contributed by atoms with Crippen LogP contribution in [0.3, 0.4) is 0 Å². The average Bonchev–Trinajstić information content (AvgIpc) is 3.37. The van der Waals surface area contributed by atoms with Crippen molar-refractivity contribution in [2.45, 2.75) is 31.8 Å². The van der Waals surface area contributed by atoms with Gasteiger partial charge in [-0.3, -0.25) is 9.59 Å². The summed E-state index contributed by atoms with van der Waals surface area (Å²) in [5.41, 5.74) is 3.24. The maximum atomic E-state index is 13.5. The van der Waals surface area contributed by atoms with Crippen molar-refractivity contribution in [3.8, 4) is 0 Å². The molecule has 0 atom stereocenters. The summed E-state index contributed by atoms with van der Waals surface area (Å²) < 4.78 is 5.31. The minimum Gasteiger partial charge on any atom is -0.459 e. The van der Waals surface area contributed by atoms with E-state index < -0.39 is 0 Å². The van der Waals surface area contributed by atoms with Gasteiger partial charge in [0.25, 0.3) is 5.91 Å². The molecule has 0 spiro atoms. The number of rotatable bonds is 9. The number of fused-ring (bicyclic) bond motifs is 1. The second kappa shape index (κ2) is 9.77. The maximum absolute atomic E-state index is 13.5. The van der Waals surface area contributed by atoms with Gasteiger partial charge in [0.1, 0.15) is 6.54 Å². The van der Waals surface area contributed by atoms with E-state index in [1.807, 2.05) is 53.6 Å². The van der Waals surface area contributed by atoms with Gasteiger partial charge in [0, 0.05) is 41.3 Å². The zero-order valence-corrected chi connectivity index (χ0v) is 19.5. The van der Waals surface area contributed by atoms with Crippen molar-refractivity contribution in [2.24, 2.45) is 0 Å². The smallest absolute Gasteiger partial charge is 0.290 e. The molecule has 2 aromatic carbocycles. The summed E-state index contributed by atoms with van der Waals surface area (Å²) in [6.45, 7) is 1.02. The number of carbonyl (C=O) groups excluding carboxylic acids is 2. The number of benzene rings is 2. The highest BCUT2D eigenvalue weighted by molar-refractivity contribution is 6.30. The summed E-state index contributed by atoms with van der Waals surface area (Å²) in [5.74, 6) is -0.0479. The predicted molar refractivity (Wildman–Crippen MR) is 132 cm³/mol. The summed E-state index contributed by atoms with van der Waals surface area (Å²) in [6, 6.07) is 19.1. The predicted octanol–water partition coefficient (Wildman–Crippen LogP) is 5.29. The van der Waals surface area contributed by atoms with Gasteiger partial charge in [0.05, 0.1) is 6.26 Å². The van der Waals surface area contributed by atoms with Crippen molar-refractivity contribution in [3.05, 3.63) is 95.0 Å². The third kappa shape index (κ3) is 5.02. The van der Waals surface area contributed by atoms with Gasteiger partial charge in [-0.15, -0.1) is 0 Å². The van der Waals surface area contributed by atoms with Crippen LogP contribution in [0.5, 0.6) is 0 Å². The minimum atomic E-state index is -0.232. The highest BCUT2D eigenvalue weighted by Crippen LogP contribution is 2.28. The Morgan fingerprint density at radius 1 is 1.03 bits per heavy atom. The summed E-state index contributed by atoms with van der Waals surface area (Å²) >= 11 is 6.05. The molecule has 1 aliphatic rings. The Morgan fingerprint density at radius 2 is 1.82 bits per heavy atom. The van der Waals surface area contributed by atoms with Crippen molar-refractivity contribution in [2.75, 3.05) is 13.1 Å². The number of hydrogen-bond acceptors (Lipinski definition) is 3. The second-order valence-corrected chi connectivity index (χ2v) is 9.13. The third-order valence-corrected chi connectivity index (χ3v) is 6.50. The third-order valence-electron chi connectivity index (χ3n) is 6.25. The highest BCUT2D eigenvalue weighted by Gasteiger charge is 2.36. The molecule has 174 valence electrons. The topological polar surface area (TPSA) is 69.6 Å². The van der Waals surface area contributed by atoms with Gasteiger partial charge >= 0.3 is 0 Å². The van der Waals surface area contributed by atoms with E-state index in [1.165, 1.54) is 6.26 Å². The van der Waals surface area contributed by atoms with Crippen LogP contribution in [0.4, 0.5) is 0 Å². The van der Waals surface area contributed by atoms with E-state index >= 15 is 0 Å². The highest BCUT2D eigenvalue weighted by atomic mass is 35.5. The Morgan fingerprint density at radius 3 is 2.56 bits per heavy atom. The number of hydrogen-bond donors (Lipinski definition) is 1. The molecule has 0 unspecified atom stereocenters. The van der Waals surface area contributed by atoms with E-state index in [4.69, 9.17) is 16.0 Å². The first-order valence-electron chi connectivity index (χ1n) is 11.5. The molecular weight excluding hydrogens is 450 g/mol. The average molecular weight is 476 g/mol. The van der Waals surface area contributed by atoms with Crippen molar-refractivity contribution >= 4 is 34.3 Å². The summed E-state index contributed by atoms with van der Waals surface area (Å²) in [7, 11) is 0. The number of nitrogens with zero attached hydrogens (tertiary/aromatic N) is 2. The molecule has 1 saturated carbocycles. The van der Waals surface area contributed by atoms with Crippen LogP contribution in [-0.4, -0.2) is 45.7 Å². The van der Waals surface area contributed by atoms with E-state index in [-0.39, 0.29) is 30.2 Å². The lowest BCUT2D eigenvalue weighted by Gasteiger charge is -2.27. The number of furan rings is 1. The van der Waals surface area contributed by atoms with Gasteiger partial charge in [-0.25, -0.2) is 0 Å². The summed E-state index contributed by atoms with van der Waals surface area (Å²) in [4.78, 5) is 33.3. The van der Waals surface area contributed by atoms with Crippen LogP contribution in [0.2, 0.25) is 5.02 Å². The van der Waals surface area contributed by atoms with Crippen LogP contribution in [0, 0.1) is 0 Å². The molecule has 1 fully saturated rings. The van der Waals surface area contributed by atoms with Crippen LogP contribution >= 0.6 is 11.6 Å². The van der Waals surface area contributed by atoms with Gasteiger partial charge in [-0.2, -0.15) is 0 Å². The summed E-state index contributed by atoms with van der Waals surface area (Å²) in [6.07, 6.45) is 6.01. The fourth-order valence-electron chi connectivity index (χ4n) is 4.24. The number of amides is 2. The van der Waals surface area contributed by atoms with Gasteiger partial charge in [-0.05, 0) is 60.7 Å². The molecule has 5 rings (SSSR count). The number of halogens is 1. The molecule has 1 N–H and O–H groups in total. The lowest BCUT2D eigenvalue weighted by molar-refractivity contribution is -0.132. The largest absolute Gasteiger partial charge is 0.459 e. The molecule has 2 heterocycles. The van der Waals surface area contributed by atoms with Gasteiger partial charge in [0.2, 0.25) is 5.91 Å². The second-order valence-electron chi connectivity index (χ2n) is 8.69.